The summed E-state index contributed by atoms with van der Waals surface area (Å²) in [5, 5.41) is 9.88. The highest BCUT2D eigenvalue weighted by Gasteiger charge is 2.33. The van der Waals surface area contributed by atoms with Gasteiger partial charge in [0.1, 0.15) is 5.82 Å². The molecule has 0 heterocycles. The van der Waals surface area contributed by atoms with Gasteiger partial charge in [0.25, 0.3) is 0 Å². The Balaban J connectivity index is 1.42. The highest BCUT2D eigenvalue weighted by Crippen LogP contribution is 2.44. The molecular formula is C31H49FO2. The molecule has 2 nitrogen and oxygen atoms in total. The predicted molar refractivity (Wildman–Crippen MR) is 140 cm³/mol. The number of aliphatic carboxylic acids is 1. The van der Waals surface area contributed by atoms with Crippen molar-refractivity contribution in [1.82, 2.24) is 0 Å². The van der Waals surface area contributed by atoms with Gasteiger partial charge in [0, 0.05) is 0 Å². The highest BCUT2D eigenvalue weighted by molar-refractivity contribution is 5.76. The molecule has 2 aliphatic carbocycles. The fourth-order valence-electron chi connectivity index (χ4n) is 6.85. The molecule has 0 spiro atoms. The predicted octanol–water partition coefficient (Wildman–Crippen LogP) is 9.31. The molecule has 192 valence electrons. The Kier molecular flexibility index (Phi) is 11.4. The summed E-state index contributed by atoms with van der Waals surface area (Å²) in [7, 11) is 0. The molecular weight excluding hydrogens is 423 g/mol. The molecule has 1 N–H and O–H groups in total. The number of benzene rings is 1. The van der Waals surface area contributed by atoms with Gasteiger partial charge in [-0.2, -0.15) is 0 Å². The third-order valence-electron chi connectivity index (χ3n) is 9.03. The Morgan fingerprint density at radius 1 is 0.882 bits per heavy atom. The first-order valence-electron chi connectivity index (χ1n) is 14.5. The van der Waals surface area contributed by atoms with Crippen LogP contribution in [0.15, 0.2) is 18.2 Å². The minimum atomic E-state index is -0.808. The van der Waals surface area contributed by atoms with Crippen LogP contribution in [0.5, 0.6) is 0 Å². The quantitative estimate of drug-likeness (QED) is 0.290. The number of unbranched alkanes of at least 4 members (excludes halogenated alkanes) is 4. The number of carboxylic acids is 1. The first-order chi connectivity index (χ1) is 16.5. The van der Waals surface area contributed by atoms with Gasteiger partial charge in [-0.1, -0.05) is 96.6 Å². The van der Waals surface area contributed by atoms with E-state index >= 15 is 0 Å². The first-order valence-corrected chi connectivity index (χ1v) is 14.5. The van der Waals surface area contributed by atoms with Crippen molar-refractivity contribution in [3.8, 4) is 0 Å². The molecule has 0 saturated heterocycles. The summed E-state index contributed by atoms with van der Waals surface area (Å²) in [6.45, 7) is 4.32. The van der Waals surface area contributed by atoms with Gasteiger partial charge in [0.2, 0.25) is 0 Å². The largest absolute Gasteiger partial charge is 0.481 e. The lowest BCUT2D eigenvalue weighted by atomic mass is 9.67. The fourth-order valence-corrected chi connectivity index (χ4v) is 6.85. The second-order valence-corrected chi connectivity index (χ2v) is 11.5. The molecule has 2 aliphatic rings. The Hall–Kier alpha value is -1.38. The number of hydrogen-bond acceptors (Lipinski definition) is 1. The molecule has 1 aromatic rings. The van der Waals surface area contributed by atoms with Crippen molar-refractivity contribution in [2.24, 2.45) is 23.7 Å². The second-order valence-electron chi connectivity index (χ2n) is 11.5. The summed E-state index contributed by atoms with van der Waals surface area (Å²) in [5.41, 5.74) is 1.34. The SMILES string of the molecule is CCCCCCCC1CCC(C2CCC(CC(C(=O)O)c3ccc(CCC)c(F)c3)CC2)CC1. The molecule has 2 fully saturated rings. The molecule has 0 radical (unpaired) electrons. The van der Waals surface area contributed by atoms with E-state index in [9.17, 15) is 14.3 Å². The zero-order valence-electron chi connectivity index (χ0n) is 21.9. The molecule has 0 aliphatic heterocycles. The van der Waals surface area contributed by atoms with Gasteiger partial charge >= 0.3 is 5.97 Å². The van der Waals surface area contributed by atoms with E-state index in [1.54, 1.807) is 6.07 Å². The van der Waals surface area contributed by atoms with Crippen LogP contribution in [0, 0.1) is 29.5 Å². The maximum atomic E-state index is 14.4. The van der Waals surface area contributed by atoms with Crippen LogP contribution in [0.4, 0.5) is 4.39 Å². The molecule has 0 amide bonds. The molecule has 2 saturated carbocycles. The number of aryl methyl sites for hydroxylation is 1. The van der Waals surface area contributed by atoms with E-state index in [-0.39, 0.29) is 5.82 Å². The minimum Gasteiger partial charge on any atom is -0.481 e. The molecule has 1 aromatic carbocycles. The molecule has 3 rings (SSSR count). The van der Waals surface area contributed by atoms with E-state index in [4.69, 9.17) is 0 Å². The number of hydrogen-bond donors (Lipinski definition) is 1. The number of carbonyl (C=O) groups is 1. The van der Waals surface area contributed by atoms with Crippen LogP contribution < -0.4 is 0 Å². The summed E-state index contributed by atoms with van der Waals surface area (Å²) in [5.74, 6) is 1.52. The van der Waals surface area contributed by atoms with Gasteiger partial charge in [0.15, 0.2) is 0 Å². The molecule has 1 unspecified atom stereocenters. The van der Waals surface area contributed by atoms with Crippen LogP contribution in [-0.4, -0.2) is 11.1 Å². The lowest BCUT2D eigenvalue weighted by Crippen LogP contribution is -2.27. The van der Waals surface area contributed by atoms with Gasteiger partial charge < -0.3 is 5.11 Å². The van der Waals surface area contributed by atoms with Gasteiger partial charge in [0.05, 0.1) is 5.92 Å². The van der Waals surface area contributed by atoms with Gasteiger partial charge in [-0.25, -0.2) is 4.39 Å². The van der Waals surface area contributed by atoms with E-state index < -0.39 is 11.9 Å². The standard InChI is InChI=1S/C31H49FO2/c1-3-5-6-7-8-10-23-11-15-25(16-12-23)26-17-13-24(14-18-26)21-29(31(33)34)28-20-19-27(9-4-2)30(32)22-28/h19-20,22-26,29H,3-18,21H2,1-2H3,(H,33,34). The average Bonchev–Trinajstić information content (AvgIpc) is 2.84. The summed E-state index contributed by atoms with van der Waals surface area (Å²) < 4.78 is 14.4. The molecule has 3 heteroatoms. The Morgan fingerprint density at radius 3 is 2.06 bits per heavy atom. The number of rotatable bonds is 13. The van der Waals surface area contributed by atoms with Crippen LogP contribution in [0.25, 0.3) is 0 Å². The van der Waals surface area contributed by atoms with Gasteiger partial charge in [-0.3, -0.25) is 4.79 Å². The normalized spacial score (nSPS) is 26.3. The maximum Gasteiger partial charge on any atom is 0.310 e. The molecule has 1 atom stereocenters. The lowest BCUT2D eigenvalue weighted by Gasteiger charge is -2.38. The van der Waals surface area contributed by atoms with Gasteiger partial charge in [-0.15, -0.1) is 0 Å². The Bertz CT molecular complexity index is 729. The Labute approximate surface area is 208 Å². The Morgan fingerprint density at radius 2 is 1.50 bits per heavy atom. The van der Waals surface area contributed by atoms with Crippen LogP contribution in [0.1, 0.15) is 134 Å². The van der Waals surface area contributed by atoms with Crippen molar-refractivity contribution in [2.45, 2.75) is 129 Å². The maximum absolute atomic E-state index is 14.4. The van der Waals surface area contributed by atoms with Crippen molar-refractivity contribution in [1.29, 1.82) is 0 Å². The summed E-state index contributed by atoms with van der Waals surface area (Å²) in [6, 6.07) is 5.13. The molecule has 0 bridgehead atoms. The van der Waals surface area contributed by atoms with Crippen LogP contribution in [0.2, 0.25) is 0 Å². The summed E-state index contributed by atoms with van der Waals surface area (Å²) in [6.07, 6.45) is 21.2. The van der Waals surface area contributed by atoms with Crippen molar-refractivity contribution in [2.75, 3.05) is 0 Å². The zero-order chi connectivity index (χ0) is 24.3. The lowest BCUT2D eigenvalue weighted by molar-refractivity contribution is -0.139. The number of halogens is 1. The zero-order valence-corrected chi connectivity index (χ0v) is 21.9. The van der Waals surface area contributed by atoms with Crippen molar-refractivity contribution < 1.29 is 14.3 Å². The third kappa shape index (κ3) is 8.09. The second kappa shape index (κ2) is 14.2. The molecule has 34 heavy (non-hydrogen) atoms. The average molecular weight is 473 g/mol. The summed E-state index contributed by atoms with van der Waals surface area (Å²) in [4.78, 5) is 12.0. The van der Waals surface area contributed by atoms with E-state index in [0.717, 1.165) is 37.0 Å². The van der Waals surface area contributed by atoms with E-state index in [0.29, 0.717) is 29.9 Å². The van der Waals surface area contributed by atoms with Gasteiger partial charge in [-0.05, 0) is 79.4 Å². The van der Waals surface area contributed by atoms with Crippen molar-refractivity contribution >= 4 is 5.97 Å². The molecule has 0 aromatic heterocycles. The minimum absolute atomic E-state index is 0.245. The van der Waals surface area contributed by atoms with Crippen molar-refractivity contribution in [3.63, 3.8) is 0 Å². The van der Waals surface area contributed by atoms with E-state index in [1.165, 1.54) is 83.1 Å². The topological polar surface area (TPSA) is 37.3 Å². The first kappa shape index (κ1) is 27.2. The summed E-state index contributed by atoms with van der Waals surface area (Å²) >= 11 is 0. The van der Waals surface area contributed by atoms with Crippen LogP contribution in [0.3, 0.4) is 0 Å². The van der Waals surface area contributed by atoms with Crippen LogP contribution in [-0.2, 0) is 11.2 Å². The monoisotopic (exact) mass is 472 g/mol. The third-order valence-corrected chi connectivity index (χ3v) is 9.03. The number of carboxylic acid groups (broad SMARTS) is 1. The van der Waals surface area contributed by atoms with E-state index in [1.807, 2.05) is 13.0 Å². The smallest absolute Gasteiger partial charge is 0.310 e. The fraction of sp³-hybridized carbons (Fsp3) is 0.774. The van der Waals surface area contributed by atoms with Crippen molar-refractivity contribution in [3.05, 3.63) is 35.1 Å². The van der Waals surface area contributed by atoms with E-state index in [2.05, 4.69) is 6.92 Å². The van der Waals surface area contributed by atoms with Crippen LogP contribution >= 0.6 is 0 Å². The highest BCUT2D eigenvalue weighted by atomic mass is 19.1.